The van der Waals surface area contributed by atoms with Crippen LogP contribution in [0.3, 0.4) is 0 Å². The van der Waals surface area contributed by atoms with Gasteiger partial charge >= 0.3 is 17.9 Å². The lowest BCUT2D eigenvalue weighted by molar-refractivity contribution is -0.166. The molecule has 0 spiro atoms. The lowest BCUT2D eigenvalue weighted by Gasteiger charge is -2.18. The number of carbonyl (C=O) groups excluding carboxylic acids is 3. The molecule has 0 bridgehead atoms. The summed E-state index contributed by atoms with van der Waals surface area (Å²) in [5.74, 6) is -1.10. The zero-order chi connectivity index (χ0) is 58.5. The van der Waals surface area contributed by atoms with Crippen molar-refractivity contribution < 1.29 is 28.6 Å². The standard InChI is InChI=1S/C75H118O6/c1-4-7-10-13-16-19-22-25-27-28-29-30-31-32-33-34-35-36-37-38-39-40-41-42-43-44-45-46-48-50-53-56-59-62-65-68-74(77)80-71-72(70-79-73(76)67-64-61-58-55-52-49-24-21-18-15-12-9-6-3)81-75(78)69-66-63-60-57-54-51-47-26-23-20-17-14-11-8-5-2/h7-12,16-21,25-27,29-30,32-33,35-36,47,49,52,54,57,63,66,72H,4-6,13-15,22-24,28,31,34,37-46,48,50-51,53,55-56,58-62,64-65,67-71H2,1-3H3/b10-7-,11-8-,12-9-,19-16-,20-17-,21-18-,27-25-,30-29-,33-32-,36-35-,47-26-,52-49-,57-54-,66-63-. The van der Waals surface area contributed by atoms with Gasteiger partial charge in [-0.2, -0.15) is 0 Å². The molecule has 6 heteroatoms. The molecule has 0 saturated heterocycles. The molecular weight excluding hydrogens is 997 g/mol. The molecule has 0 aliphatic carbocycles. The predicted molar refractivity (Wildman–Crippen MR) is 352 cm³/mol. The van der Waals surface area contributed by atoms with Crippen LogP contribution < -0.4 is 0 Å². The fourth-order valence-corrected chi connectivity index (χ4v) is 8.48. The van der Waals surface area contributed by atoms with Crippen molar-refractivity contribution in [3.63, 3.8) is 0 Å². The van der Waals surface area contributed by atoms with Gasteiger partial charge in [0, 0.05) is 12.8 Å². The third kappa shape index (κ3) is 65.5. The zero-order valence-electron chi connectivity index (χ0n) is 52.0. The Kier molecular flexibility index (Phi) is 62.9. The van der Waals surface area contributed by atoms with Crippen molar-refractivity contribution in [1.29, 1.82) is 0 Å². The molecule has 0 rings (SSSR count). The molecule has 81 heavy (non-hydrogen) atoms. The molecule has 1 atom stereocenters. The minimum absolute atomic E-state index is 0.0844. The third-order valence-electron chi connectivity index (χ3n) is 13.2. The highest BCUT2D eigenvalue weighted by molar-refractivity contribution is 5.72. The van der Waals surface area contributed by atoms with Crippen LogP contribution in [0.15, 0.2) is 170 Å². The molecule has 1 unspecified atom stereocenters. The van der Waals surface area contributed by atoms with Crippen LogP contribution in [0.5, 0.6) is 0 Å². The van der Waals surface area contributed by atoms with E-state index in [1.165, 1.54) is 89.9 Å². The topological polar surface area (TPSA) is 78.9 Å². The number of allylic oxidation sites excluding steroid dienone is 27. The maximum absolute atomic E-state index is 12.8. The Balaban J connectivity index is 4.24. The van der Waals surface area contributed by atoms with Crippen molar-refractivity contribution in [3.05, 3.63) is 170 Å². The van der Waals surface area contributed by atoms with Crippen LogP contribution >= 0.6 is 0 Å². The van der Waals surface area contributed by atoms with E-state index in [-0.39, 0.29) is 31.6 Å². The Morgan fingerprint density at radius 3 is 0.765 bits per heavy atom. The molecule has 0 heterocycles. The van der Waals surface area contributed by atoms with Crippen LogP contribution in [0, 0.1) is 0 Å². The Hall–Kier alpha value is -5.23. The molecule has 0 amide bonds. The highest BCUT2D eigenvalue weighted by Crippen LogP contribution is 2.16. The van der Waals surface area contributed by atoms with Gasteiger partial charge < -0.3 is 14.2 Å². The van der Waals surface area contributed by atoms with Crippen LogP contribution in [0.2, 0.25) is 0 Å². The van der Waals surface area contributed by atoms with Crippen LogP contribution in [0.25, 0.3) is 0 Å². The van der Waals surface area contributed by atoms with Crippen molar-refractivity contribution in [2.75, 3.05) is 13.2 Å². The monoisotopic (exact) mass is 1110 g/mol. The normalized spacial score (nSPS) is 13.3. The molecule has 6 nitrogen and oxygen atoms in total. The van der Waals surface area contributed by atoms with Gasteiger partial charge in [-0.25, -0.2) is 0 Å². The summed E-state index contributed by atoms with van der Waals surface area (Å²) >= 11 is 0. The van der Waals surface area contributed by atoms with Crippen molar-refractivity contribution in [2.24, 2.45) is 0 Å². The quantitative estimate of drug-likeness (QED) is 0.0261. The first-order valence-corrected chi connectivity index (χ1v) is 32.6. The first kappa shape index (κ1) is 75.8. The summed E-state index contributed by atoms with van der Waals surface area (Å²) in [7, 11) is 0. The van der Waals surface area contributed by atoms with Crippen molar-refractivity contribution in [1.82, 2.24) is 0 Å². The molecule has 0 N–H and O–H groups in total. The summed E-state index contributed by atoms with van der Waals surface area (Å²) in [4.78, 5) is 38.2. The summed E-state index contributed by atoms with van der Waals surface area (Å²) in [5, 5.41) is 0. The van der Waals surface area contributed by atoms with E-state index >= 15 is 0 Å². The van der Waals surface area contributed by atoms with Crippen LogP contribution in [-0.2, 0) is 28.6 Å². The van der Waals surface area contributed by atoms with E-state index in [2.05, 4.69) is 179 Å². The maximum atomic E-state index is 12.8. The molecule has 454 valence electrons. The molecule has 0 radical (unpaired) electrons. The van der Waals surface area contributed by atoms with E-state index in [0.717, 1.165) is 128 Å². The van der Waals surface area contributed by atoms with E-state index in [1.807, 2.05) is 6.08 Å². The highest BCUT2D eigenvalue weighted by atomic mass is 16.6. The molecule has 0 aliphatic rings. The van der Waals surface area contributed by atoms with Crippen LogP contribution in [0.1, 0.15) is 265 Å². The number of hydrogen-bond acceptors (Lipinski definition) is 6. The van der Waals surface area contributed by atoms with Gasteiger partial charge in [0.15, 0.2) is 6.10 Å². The van der Waals surface area contributed by atoms with Crippen LogP contribution in [-0.4, -0.2) is 37.2 Å². The molecule has 0 saturated carbocycles. The van der Waals surface area contributed by atoms with Gasteiger partial charge in [0.25, 0.3) is 0 Å². The van der Waals surface area contributed by atoms with Gasteiger partial charge in [-0.15, -0.1) is 0 Å². The van der Waals surface area contributed by atoms with Gasteiger partial charge in [-0.3, -0.25) is 14.4 Å². The Bertz CT molecular complexity index is 1860. The predicted octanol–water partition coefficient (Wildman–Crippen LogP) is 22.7. The Labute approximate surface area is 498 Å². The number of rotatable bonds is 57. The minimum atomic E-state index is -0.851. The summed E-state index contributed by atoms with van der Waals surface area (Å²) < 4.78 is 16.7. The Morgan fingerprint density at radius 1 is 0.259 bits per heavy atom. The second kappa shape index (κ2) is 67.3. The molecule has 0 aromatic heterocycles. The zero-order valence-corrected chi connectivity index (χ0v) is 52.0. The van der Waals surface area contributed by atoms with Crippen molar-refractivity contribution >= 4 is 17.9 Å². The molecular formula is C75H118O6. The van der Waals surface area contributed by atoms with Gasteiger partial charge in [0.05, 0.1) is 6.42 Å². The molecule has 0 aliphatic heterocycles. The van der Waals surface area contributed by atoms with E-state index in [1.54, 1.807) is 6.08 Å². The van der Waals surface area contributed by atoms with Gasteiger partial charge in [-0.05, 0) is 128 Å². The Morgan fingerprint density at radius 2 is 0.481 bits per heavy atom. The van der Waals surface area contributed by atoms with E-state index in [4.69, 9.17) is 14.2 Å². The summed E-state index contributed by atoms with van der Waals surface area (Å²) in [6.45, 7) is 6.18. The number of hydrogen-bond donors (Lipinski definition) is 0. The lowest BCUT2D eigenvalue weighted by atomic mass is 10.0. The fraction of sp³-hybridized carbons (Fsp3) is 0.587. The van der Waals surface area contributed by atoms with E-state index < -0.39 is 12.1 Å². The average Bonchev–Trinajstić information content (AvgIpc) is 3.46. The third-order valence-corrected chi connectivity index (χ3v) is 13.2. The SMILES string of the molecule is CC/C=C\C/C=C\C/C=C\C/C=C\C/C=C\C/C=C\CCCCCCCCCCCCCCCCCCC(=O)OCC(COC(=O)CCCCC/C=C\C/C=C\C/C=C\CC)OC(=O)C/C=C\C/C=C\C/C=C\C/C=C\C/C=C\CC. The lowest BCUT2D eigenvalue weighted by Crippen LogP contribution is -2.30. The van der Waals surface area contributed by atoms with Gasteiger partial charge in [-0.1, -0.05) is 287 Å². The molecule has 0 aromatic carbocycles. The van der Waals surface area contributed by atoms with Gasteiger partial charge in [0.2, 0.25) is 0 Å². The number of ether oxygens (including phenoxy) is 3. The largest absolute Gasteiger partial charge is 0.462 e. The summed E-state index contributed by atoms with van der Waals surface area (Å²) in [6.07, 6.45) is 99.8. The minimum Gasteiger partial charge on any atom is -0.462 e. The molecule has 0 aromatic rings. The van der Waals surface area contributed by atoms with E-state index in [9.17, 15) is 14.4 Å². The summed E-state index contributed by atoms with van der Waals surface area (Å²) in [5.41, 5.74) is 0. The summed E-state index contributed by atoms with van der Waals surface area (Å²) in [6, 6.07) is 0. The smallest absolute Gasteiger partial charge is 0.310 e. The molecule has 0 fully saturated rings. The average molecular weight is 1120 g/mol. The first-order chi connectivity index (χ1) is 40.0. The second-order valence-corrected chi connectivity index (χ2v) is 20.9. The van der Waals surface area contributed by atoms with E-state index in [0.29, 0.717) is 19.3 Å². The maximum Gasteiger partial charge on any atom is 0.310 e. The second-order valence-electron chi connectivity index (χ2n) is 20.9. The van der Waals surface area contributed by atoms with Crippen LogP contribution in [0.4, 0.5) is 0 Å². The van der Waals surface area contributed by atoms with Crippen molar-refractivity contribution in [2.45, 2.75) is 271 Å². The van der Waals surface area contributed by atoms with Gasteiger partial charge in [0.1, 0.15) is 13.2 Å². The first-order valence-electron chi connectivity index (χ1n) is 32.6. The fourth-order valence-electron chi connectivity index (χ4n) is 8.48. The number of carbonyl (C=O) groups is 3. The number of unbranched alkanes of at least 4 members (excludes halogenated alkanes) is 19. The number of esters is 3. The highest BCUT2D eigenvalue weighted by Gasteiger charge is 2.19. The van der Waals surface area contributed by atoms with Crippen molar-refractivity contribution in [3.8, 4) is 0 Å².